The minimum absolute atomic E-state index is 0.172. The zero-order chi connectivity index (χ0) is 15.9. The molecule has 0 bridgehead atoms. The van der Waals surface area contributed by atoms with Crippen LogP contribution in [0, 0.1) is 11.8 Å². The van der Waals surface area contributed by atoms with E-state index in [1.54, 1.807) is 0 Å². The van der Waals surface area contributed by atoms with Crippen molar-refractivity contribution in [1.82, 2.24) is 0 Å². The molecule has 21 heavy (non-hydrogen) atoms. The molecular weight excluding hydrogens is 316 g/mol. The number of methoxy groups -OCH3 is 1. The number of ether oxygens (including phenoxy) is 1. The normalized spacial score (nSPS) is 10.4. The van der Waals surface area contributed by atoms with Gasteiger partial charge >= 0.3 is 5.97 Å². The summed E-state index contributed by atoms with van der Waals surface area (Å²) < 4.78 is 30.4. The first-order chi connectivity index (χ1) is 9.88. The topological polar surface area (TPSA) is 98.5 Å². The van der Waals surface area contributed by atoms with Crippen LogP contribution in [0.4, 0.5) is 5.69 Å². The van der Waals surface area contributed by atoms with Crippen LogP contribution in [0.3, 0.4) is 0 Å². The van der Waals surface area contributed by atoms with Gasteiger partial charge in [-0.25, -0.2) is 8.42 Å². The molecule has 1 rings (SSSR count). The summed E-state index contributed by atoms with van der Waals surface area (Å²) in [6, 6.07) is 4.53. The standard InChI is InChI=1S/C13H15ClN2O4S/c1-20-13(17)6-8-21(18,19)16-11-4-5-12(14)10(9-11)3-2-7-15/h4-5,9,16H,6-8,15H2,1H3. The summed E-state index contributed by atoms with van der Waals surface area (Å²) in [5.41, 5.74) is 6.05. The van der Waals surface area contributed by atoms with Crippen molar-refractivity contribution in [1.29, 1.82) is 0 Å². The molecule has 0 fully saturated rings. The van der Waals surface area contributed by atoms with Gasteiger partial charge in [-0.3, -0.25) is 9.52 Å². The molecule has 114 valence electrons. The lowest BCUT2D eigenvalue weighted by atomic mass is 10.2. The van der Waals surface area contributed by atoms with E-state index in [0.29, 0.717) is 16.3 Å². The second-order valence-corrected chi connectivity index (χ2v) is 6.20. The molecule has 0 aliphatic heterocycles. The molecule has 0 heterocycles. The maximum absolute atomic E-state index is 11.8. The maximum Gasteiger partial charge on any atom is 0.306 e. The number of carbonyl (C=O) groups is 1. The van der Waals surface area contributed by atoms with Crippen LogP contribution in [0.15, 0.2) is 18.2 Å². The molecule has 0 spiro atoms. The second-order valence-electron chi connectivity index (χ2n) is 3.95. The van der Waals surface area contributed by atoms with Gasteiger partial charge in [0, 0.05) is 11.3 Å². The highest BCUT2D eigenvalue weighted by molar-refractivity contribution is 7.92. The SMILES string of the molecule is COC(=O)CCS(=O)(=O)Nc1ccc(Cl)c(C#CCN)c1. The number of nitrogens with one attached hydrogen (secondary N) is 1. The number of hydrogen-bond donors (Lipinski definition) is 2. The molecule has 0 unspecified atom stereocenters. The smallest absolute Gasteiger partial charge is 0.306 e. The number of nitrogens with two attached hydrogens (primary N) is 1. The minimum atomic E-state index is -3.66. The fourth-order valence-corrected chi connectivity index (χ4v) is 2.57. The monoisotopic (exact) mass is 330 g/mol. The first-order valence-electron chi connectivity index (χ1n) is 5.94. The first kappa shape index (κ1) is 17.3. The van der Waals surface area contributed by atoms with E-state index in [1.807, 2.05) is 0 Å². The number of carbonyl (C=O) groups excluding carboxylic acids is 1. The molecule has 6 nitrogen and oxygen atoms in total. The number of halogens is 1. The lowest BCUT2D eigenvalue weighted by Crippen LogP contribution is -2.19. The zero-order valence-corrected chi connectivity index (χ0v) is 12.9. The van der Waals surface area contributed by atoms with Crippen LogP contribution in [-0.4, -0.2) is 33.8 Å². The van der Waals surface area contributed by atoms with Gasteiger partial charge in [0.15, 0.2) is 0 Å². The third-order valence-electron chi connectivity index (χ3n) is 2.37. The van der Waals surface area contributed by atoms with E-state index in [2.05, 4.69) is 21.3 Å². The Morgan fingerprint density at radius 1 is 1.48 bits per heavy atom. The third kappa shape index (κ3) is 6.04. The van der Waals surface area contributed by atoms with Crippen LogP contribution in [0.2, 0.25) is 5.02 Å². The van der Waals surface area contributed by atoms with Crippen molar-refractivity contribution in [2.24, 2.45) is 5.73 Å². The molecule has 0 aromatic heterocycles. The highest BCUT2D eigenvalue weighted by Crippen LogP contribution is 2.20. The number of rotatable bonds is 5. The minimum Gasteiger partial charge on any atom is -0.469 e. The van der Waals surface area contributed by atoms with Crippen molar-refractivity contribution < 1.29 is 17.9 Å². The molecule has 0 saturated heterocycles. The molecular formula is C13H15ClN2O4S. The number of hydrogen-bond acceptors (Lipinski definition) is 5. The van der Waals surface area contributed by atoms with Gasteiger partial charge < -0.3 is 10.5 Å². The number of benzene rings is 1. The quantitative estimate of drug-likeness (QED) is 0.619. The Balaban J connectivity index is 2.85. The zero-order valence-electron chi connectivity index (χ0n) is 11.3. The summed E-state index contributed by atoms with van der Waals surface area (Å²) in [4.78, 5) is 11.0. The van der Waals surface area contributed by atoms with Crippen LogP contribution in [0.25, 0.3) is 0 Å². The Morgan fingerprint density at radius 3 is 2.81 bits per heavy atom. The Bertz CT molecular complexity index is 677. The lowest BCUT2D eigenvalue weighted by Gasteiger charge is -2.08. The summed E-state index contributed by atoms with van der Waals surface area (Å²) in [5, 5.41) is 0.397. The summed E-state index contributed by atoms with van der Waals surface area (Å²) in [6.07, 6.45) is -0.223. The van der Waals surface area contributed by atoms with Crippen LogP contribution >= 0.6 is 11.6 Å². The van der Waals surface area contributed by atoms with E-state index in [0.717, 1.165) is 0 Å². The van der Waals surface area contributed by atoms with E-state index >= 15 is 0 Å². The third-order valence-corrected chi connectivity index (χ3v) is 3.99. The summed E-state index contributed by atoms with van der Waals surface area (Å²) in [7, 11) is -2.46. The van der Waals surface area contributed by atoms with Gasteiger partial charge in [-0.15, -0.1) is 0 Å². The van der Waals surface area contributed by atoms with Crippen molar-refractivity contribution in [3.8, 4) is 11.8 Å². The van der Waals surface area contributed by atoms with Gasteiger partial charge in [-0.05, 0) is 18.2 Å². The summed E-state index contributed by atoms with van der Waals surface area (Å²) >= 11 is 5.94. The molecule has 0 aliphatic carbocycles. The number of sulfonamides is 1. The van der Waals surface area contributed by atoms with Crippen molar-refractivity contribution in [2.45, 2.75) is 6.42 Å². The van der Waals surface area contributed by atoms with Crippen LogP contribution in [-0.2, 0) is 19.6 Å². The van der Waals surface area contributed by atoms with Gasteiger partial charge in [0.1, 0.15) is 0 Å². The fraction of sp³-hybridized carbons (Fsp3) is 0.308. The predicted molar refractivity (Wildman–Crippen MR) is 81.4 cm³/mol. The average Bonchev–Trinajstić information content (AvgIpc) is 2.45. The van der Waals surface area contributed by atoms with Crippen molar-refractivity contribution in [3.63, 3.8) is 0 Å². The molecule has 0 radical (unpaired) electrons. The second kappa shape index (κ2) is 7.88. The van der Waals surface area contributed by atoms with Crippen molar-refractivity contribution >= 4 is 33.3 Å². The Kier molecular flexibility index (Phi) is 6.49. The molecule has 1 aromatic rings. The summed E-state index contributed by atoms with van der Waals surface area (Å²) in [6.45, 7) is 0.172. The molecule has 0 atom stereocenters. The lowest BCUT2D eigenvalue weighted by molar-refractivity contribution is -0.140. The van der Waals surface area contributed by atoms with E-state index in [-0.39, 0.29) is 18.7 Å². The van der Waals surface area contributed by atoms with Gasteiger partial charge in [0.25, 0.3) is 0 Å². The van der Waals surface area contributed by atoms with E-state index in [9.17, 15) is 13.2 Å². The molecule has 8 heteroatoms. The van der Waals surface area contributed by atoms with Crippen LogP contribution < -0.4 is 10.5 Å². The molecule has 0 amide bonds. The van der Waals surface area contributed by atoms with Crippen molar-refractivity contribution in [2.75, 3.05) is 24.1 Å². The number of anilines is 1. The van der Waals surface area contributed by atoms with E-state index in [4.69, 9.17) is 17.3 Å². The molecule has 1 aromatic carbocycles. The molecule has 0 aliphatic rings. The fourth-order valence-electron chi connectivity index (χ4n) is 1.38. The van der Waals surface area contributed by atoms with Crippen molar-refractivity contribution in [3.05, 3.63) is 28.8 Å². The molecule has 3 N–H and O–H groups in total. The van der Waals surface area contributed by atoms with E-state index < -0.39 is 16.0 Å². The van der Waals surface area contributed by atoms with Gasteiger partial charge in [-0.1, -0.05) is 23.4 Å². The van der Waals surface area contributed by atoms with Gasteiger partial charge in [-0.2, -0.15) is 0 Å². The Hall–Kier alpha value is -1.75. The van der Waals surface area contributed by atoms with E-state index in [1.165, 1.54) is 25.3 Å². The summed E-state index contributed by atoms with van der Waals surface area (Å²) in [5.74, 6) is 4.42. The Labute approximate surface area is 128 Å². The maximum atomic E-state index is 11.8. The Morgan fingerprint density at radius 2 is 2.19 bits per heavy atom. The molecule has 0 saturated carbocycles. The first-order valence-corrected chi connectivity index (χ1v) is 7.97. The van der Waals surface area contributed by atoms with Gasteiger partial charge in [0.05, 0.1) is 30.9 Å². The average molecular weight is 331 g/mol. The largest absolute Gasteiger partial charge is 0.469 e. The predicted octanol–water partition coefficient (Wildman–Crippen LogP) is 0.955. The highest BCUT2D eigenvalue weighted by atomic mass is 35.5. The van der Waals surface area contributed by atoms with Crippen LogP contribution in [0.5, 0.6) is 0 Å². The van der Waals surface area contributed by atoms with Gasteiger partial charge in [0.2, 0.25) is 10.0 Å². The highest BCUT2D eigenvalue weighted by Gasteiger charge is 2.14. The number of esters is 1. The van der Waals surface area contributed by atoms with Crippen LogP contribution in [0.1, 0.15) is 12.0 Å².